The molecule has 0 aliphatic heterocycles. The maximum absolute atomic E-state index is 13.0. The van der Waals surface area contributed by atoms with Crippen molar-refractivity contribution in [2.45, 2.75) is 20.0 Å². The number of benzene rings is 4. The number of nitrogens with one attached hydrogen (secondary N) is 2. The minimum Gasteiger partial charge on any atom is -0.507 e. The van der Waals surface area contributed by atoms with Gasteiger partial charge in [-0.15, -0.1) is 0 Å². The number of phenolic OH excluding ortho intramolecular Hbond substituents is 1. The number of nitrogens with two attached hydrogens (primary N) is 1. The third kappa shape index (κ3) is 6.42. The van der Waals surface area contributed by atoms with Crippen molar-refractivity contribution in [3.63, 3.8) is 0 Å². The van der Waals surface area contributed by atoms with E-state index in [0.29, 0.717) is 33.3 Å². The minimum atomic E-state index is -0.950. The number of hydrogen-bond donors (Lipinski definition) is 4. The van der Waals surface area contributed by atoms with Crippen LogP contribution in [0.25, 0.3) is 10.8 Å². The van der Waals surface area contributed by atoms with Crippen molar-refractivity contribution in [2.75, 3.05) is 11.1 Å². The molecule has 3 amide bonds. The summed E-state index contributed by atoms with van der Waals surface area (Å²) >= 11 is 0. The molecule has 0 saturated heterocycles. The van der Waals surface area contributed by atoms with Crippen molar-refractivity contribution < 1.29 is 24.2 Å². The van der Waals surface area contributed by atoms with Crippen LogP contribution in [0.4, 0.5) is 16.2 Å². The van der Waals surface area contributed by atoms with Crippen LogP contribution >= 0.6 is 0 Å². The van der Waals surface area contributed by atoms with E-state index in [2.05, 4.69) is 10.6 Å². The molecule has 0 radical (unpaired) electrons. The van der Waals surface area contributed by atoms with E-state index in [9.17, 15) is 19.5 Å². The number of anilines is 2. The first-order valence-electron chi connectivity index (χ1n) is 12.3. The fourth-order valence-corrected chi connectivity index (χ4v) is 4.21. The Kier molecular flexibility index (Phi) is 7.96. The highest BCUT2D eigenvalue weighted by Crippen LogP contribution is 2.42. The quantitative estimate of drug-likeness (QED) is 0.175. The van der Waals surface area contributed by atoms with Gasteiger partial charge in [0.1, 0.15) is 11.9 Å². The number of phenols is 1. The fraction of sp³-hybridized carbons (Fsp3) is 0.129. The number of amides is 3. The molecule has 0 heterocycles. The van der Waals surface area contributed by atoms with Crippen LogP contribution in [-0.2, 0) is 9.53 Å². The summed E-state index contributed by atoms with van der Waals surface area (Å²) < 4.78 is 5.86. The van der Waals surface area contributed by atoms with Gasteiger partial charge in [0.25, 0.3) is 5.91 Å². The van der Waals surface area contributed by atoms with Crippen molar-refractivity contribution in [1.29, 1.82) is 0 Å². The molecule has 8 nitrogen and oxygen atoms in total. The number of nitrogen functional groups attached to an aromatic ring is 1. The lowest BCUT2D eigenvalue weighted by Gasteiger charge is -2.32. The summed E-state index contributed by atoms with van der Waals surface area (Å²) in [5.74, 6) is -0.952. The van der Waals surface area contributed by atoms with E-state index in [1.165, 1.54) is 12.1 Å². The third-order valence-corrected chi connectivity index (χ3v) is 6.25. The Morgan fingerprint density at radius 3 is 2.23 bits per heavy atom. The van der Waals surface area contributed by atoms with Gasteiger partial charge in [-0.1, -0.05) is 80.6 Å². The summed E-state index contributed by atoms with van der Waals surface area (Å²) in [6, 6.07) is 25.5. The summed E-state index contributed by atoms with van der Waals surface area (Å²) in [6.07, 6.45) is 1.07. The average molecular weight is 524 g/mol. The van der Waals surface area contributed by atoms with Crippen LogP contribution in [0.15, 0.2) is 103 Å². The zero-order chi connectivity index (χ0) is 28.0. The first-order chi connectivity index (χ1) is 18.7. The third-order valence-electron chi connectivity index (χ3n) is 6.25. The van der Waals surface area contributed by atoms with Gasteiger partial charge in [-0.25, -0.2) is 4.79 Å². The van der Waals surface area contributed by atoms with E-state index in [1.54, 1.807) is 98.8 Å². The minimum absolute atomic E-state index is 0.0741. The number of aromatic hydroxyl groups is 1. The van der Waals surface area contributed by atoms with Crippen molar-refractivity contribution in [3.8, 4) is 5.75 Å². The zero-order valence-corrected chi connectivity index (χ0v) is 21.5. The predicted octanol–water partition coefficient (Wildman–Crippen LogP) is 5.96. The first-order valence-corrected chi connectivity index (χ1v) is 12.3. The number of imide groups is 1. The number of fused-ring (bicyclic) bond motifs is 1. The summed E-state index contributed by atoms with van der Waals surface area (Å²) in [5.41, 5.74) is 6.78. The van der Waals surface area contributed by atoms with Gasteiger partial charge in [0, 0.05) is 21.9 Å². The SMILES string of the molecule is CC(C)(/C=C/C(=O)Nc1ccccc1N)[C@H](OC(=O)NC(=O)c1ccccc1)c1ccc(O)c2ccccc12. The molecule has 1 atom stereocenters. The van der Waals surface area contributed by atoms with Gasteiger partial charge in [-0.05, 0) is 41.8 Å². The number of carbonyl (C=O) groups is 3. The number of carbonyl (C=O) groups excluding carboxylic acids is 3. The van der Waals surface area contributed by atoms with Gasteiger partial charge in [-0.3, -0.25) is 14.9 Å². The highest BCUT2D eigenvalue weighted by molar-refractivity contribution is 6.03. The molecule has 39 heavy (non-hydrogen) atoms. The number of hydrogen-bond acceptors (Lipinski definition) is 6. The zero-order valence-electron chi connectivity index (χ0n) is 21.5. The Balaban J connectivity index is 1.65. The Labute approximate surface area is 226 Å². The van der Waals surface area contributed by atoms with Crippen LogP contribution in [0.2, 0.25) is 0 Å². The maximum Gasteiger partial charge on any atom is 0.414 e. The van der Waals surface area contributed by atoms with E-state index < -0.39 is 29.4 Å². The second-order valence-electron chi connectivity index (χ2n) is 9.56. The molecule has 0 aliphatic rings. The Morgan fingerprint density at radius 2 is 1.51 bits per heavy atom. The molecule has 4 aromatic rings. The first kappa shape index (κ1) is 26.9. The molecule has 198 valence electrons. The molecule has 0 aromatic heterocycles. The average Bonchev–Trinajstić information content (AvgIpc) is 2.93. The van der Waals surface area contributed by atoms with Gasteiger partial charge in [0.15, 0.2) is 0 Å². The molecule has 0 spiro atoms. The summed E-state index contributed by atoms with van der Waals surface area (Å²) in [5, 5.41) is 16.6. The molecular weight excluding hydrogens is 494 g/mol. The number of ether oxygens (including phenoxy) is 1. The molecule has 0 saturated carbocycles. The Bertz CT molecular complexity index is 1550. The molecule has 0 fully saturated rings. The lowest BCUT2D eigenvalue weighted by Crippen LogP contribution is -2.35. The molecular formula is C31H29N3O5. The van der Waals surface area contributed by atoms with E-state index in [0.717, 1.165) is 0 Å². The molecule has 0 aliphatic carbocycles. The Hall–Kier alpha value is -5.11. The largest absolute Gasteiger partial charge is 0.507 e. The van der Waals surface area contributed by atoms with Gasteiger partial charge >= 0.3 is 6.09 Å². The van der Waals surface area contributed by atoms with E-state index in [1.807, 2.05) is 6.07 Å². The summed E-state index contributed by atoms with van der Waals surface area (Å²) in [6.45, 7) is 3.60. The van der Waals surface area contributed by atoms with Crippen LogP contribution in [-0.4, -0.2) is 23.0 Å². The van der Waals surface area contributed by atoms with Crippen LogP contribution in [0.5, 0.6) is 5.75 Å². The van der Waals surface area contributed by atoms with Crippen molar-refractivity contribution in [1.82, 2.24) is 5.32 Å². The van der Waals surface area contributed by atoms with Crippen LogP contribution < -0.4 is 16.4 Å². The highest BCUT2D eigenvalue weighted by Gasteiger charge is 2.34. The smallest absolute Gasteiger partial charge is 0.414 e. The number of para-hydroxylation sites is 2. The molecule has 0 unspecified atom stereocenters. The Morgan fingerprint density at radius 1 is 0.872 bits per heavy atom. The van der Waals surface area contributed by atoms with Gasteiger partial charge < -0.3 is 20.9 Å². The van der Waals surface area contributed by atoms with E-state index in [-0.39, 0.29) is 5.75 Å². The van der Waals surface area contributed by atoms with Gasteiger partial charge in [0.05, 0.1) is 11.4 Å². The monoisotopic (exact) mass is 523 g/mol. The lowest BCUT2D eigenvalue weighted by atomic mass is 9.80. The van der Waals surface area contributed by atoms with E-state index in [4.69, 9.17) is 10.5 Å². The maximum atomic E-state index is 13.0. The van der Waals surface area contributed by atoms with Crippen molar-refractivity contribution in [2.24, 2.45) is 5.41 Å². The van der Waals surface area contributed by atoms with E-state index >= 15 is 0 Å². The molecule has 8 heteroatoms. The van der Waals surface area contributed by atoms with Crippen molar-refractivity contribution >= 4 is 40.1 Å². The lowest BCUT2D eigenvalue weighted by molar-refractivity contribution is -0.112. The van der Waals surface area contributed by atoms with Crippen LogP contribution in [0, 0.1) is 5.41 Å². The normalized spacial score (nSPS) is 12.2. The van der Waals surface area contributed by atoms with Crippen LogP contribution in [0.1, 0.15) is 35.9 Å². The second-order valence-corrected chi connectivity index (χ2v) is 9.56. The van der Waals surface area contributed by atoms with Gasteiger partial charge in [-0.2, -0.15) is 0 Å². The summed E-state index contributed by atoms with van der Waals surface area (Å²) in [4.78, 5) is 38.2. The van der Waals surface area contributed by atoms with Gasteiger partial charge in [0.2, 0.25) is 5.91 Å². The molecule has 4 aromatic carbocycles. The number of alkyl carbamates (subject to hydrolysis) is 1. The molecule has 0 bridgehead atoms. The molecule has 5 N–H and O–H groups in total. The topological polar surface area (TPSA) is 131 Å². The fourth-order valence-electron chi connectivity index (χ4n) is 4.21. The second kappa shape index (κ2) is 11.5. The van der Waals surface area contributed by atoms with Crippen LogP contribution in [0.3, 0.4) is 0 Å². The molecule has 4 rings (SSSR count). The predicted molar refractivity (Wildman–Crippen MR) is 151 cm³/mol. The highest BCUT2D eigenvalue weighted by atomic mass is 16.6. The van der Waals surface area contributed by atoms with Crippen molar-refractivity contribution in [3.05, 3.63) is 114 Å². The summed E-state index contributed by atoms with van der Waals surface area (Å²) in [7, 11) is 0. The number of rotatable bonds is 7. The standard InChI is InChI=1S/C31H29N3O5/c1-31(2,19-18-27(36)33-25-15-9-8-14-24(25)32)28(23-16-17-26(35)22-13-7-6-12-21(22)23)39-30(38)34-29(37)20-10-4-3-5-11-20/h3-19,28,35H,32H2,1-2H3,(H,33,36)(H,34,37,38)/b19-18+/t28-/m1/s1.